The van der Waals surface area contributed by atoms with E-state index >= 15 is 0 Å². The van der Waals surface area contributed by atoms with Gasteiger partial charge < -0.3 is 11.1 Å². The molecule has 2 aromatic rings. The van der Waals surface area contributed by atoms with E-state index in [2.05, 4.69) is 5.32 Å². The molecule has 0 aliphatic heterocycles. The Hall–Kier alpha value is -1.47. The van der Waals surface area contributed by atoms with Gasteiger partial charge in [-0.15, -0.1) is 0 Å². The lowest BCUT2D eigenvalue weighted by Crippen LogP contribution is -2.15. The van der Waals surface area contributed by atoms with Gasteiger partial charge in [-0.05, 0) is 30.3 Å². The van der Waals surface area contributed by atoms with Crippen LogP contribution in [0.15, 0.2) is 41.3 Å². The van der Waals surface area contributed by atoms with Crippen molar-refractivity contribution in [2.75, 3.05) is 11.1 Å². The Morgan fingerprint density at radius 2 is 1.75 bits per heavy atom. The van der Waals surface area contributed by atoms with E-state index in [1.807, 2.05) is 0 Å². The highest BCUT2D eigenvalue weighted by molar-refractivity contribution is 7.89. The number of sulfonamides is 1. The molecular formula is C12H11Cl2N3O2S. The van der Waals surface area contributed by atoms with Crippen LogP contribution in [0.2, 0.25) is 10.0 Å². The first-order valence-corrected chi connectivity index (χ1v) is 7.72. The number of nitrogen functional groups attached to an aromatic ring is 1. The second kappa shape index (κ2) is 5.49. The van der Waals surface area contributed by atoms with Gasteiger partial charge in [-0.2, -0.15) is 0 Å². The summed E-state index contributed by atoms with van der Waals surface area (Å²) in [6.45, 7) is 0. The van der Waals surface area contributed by atoms with Gasteiger partial charge in [-0.1, -0.05) is 29.3 Å². The number of nitrogens with one attached hydrogen (secondary N) is 1. The Balaban J connectivity index is 2.45. The van der Waals surface area contributed by atoms with Gasteiger partial charge in [0.05, 0.1) is 22.1 Å². The van der Waals surface area contributed by atoms with Crippen LogP contribution in [-0.4, -0.2) is 8.42 Å². The summed E-state index contributed by atoms with van der Waals surface area (Å²) in [5.41, 5.74) is 6.78. The number of halogens is 2. The first-order valence-electron chi connectivity index (χ1n) is 5.42. The van der Waals surface area contributed by atoms with Crippen LogP contribution in [0.3, 0.4) is 0 Å². The summed E-state index contributed by atoms with van der Waals surface area (Å²) in [4.78, 5) is -0.146. The summed E-state index contributed by atoms with van der Waals surface area (Å²) < 4.78 is 22.8. The zero-order valence-corrected chi connectivity index (χ0v) is 12.4. The van der Waals surface area contributed by atoms with Crippen LogP contribution in [0.1, 0.15) is 0 Å². The third-order valence-corrected chi connectivity index (χ3v) is 4.09. The Morgan fingerprint density at radius 3 is 2.35 bits per heavy atom. The summed E-state index contributed by atoms with van der Waals surface area (Å²) in [7, 11) is -3.88. The molecule has 0 spiro atoms. The monoisotopic (exact) mass is 331 g/mol. The summed E-state index contributed by atoms with van der Waals surface area (Å²) in [5, 5.41) is 8.91. The molecule has 106 valence electrons. The summed E-state index contributed by atoms with van der Waals surface area (Å²) in [5.74, 6) is 0. The smallest absolute Gasteiger partial charge is 0.240 e. The number of rotatable bonds is 3. The molecule has 0 saturated heterocycles. The fraction of sp³-hybridized carbons (Fsp3) is 0. The van der Waals surface area contributed by atoms with Crippen molar-refractivity contribution >= 4 is 50.3 Å². The largest absolute Gasteiger partial charge is 0.396 e. The second-order valence-corrected chi connectivity index (χ2v) is 6.39. The molecule has 0 fully saturated rings. The molecule has 2 rings (SSSR count). The predicted molar refractivity (Wildman–Crippen MR) is 82.0 cm³/mol. The predicted octanol–water partition coefficient (Wildman–Crippen LogP) is 2.97. The van der Waals surface area contributed by atoms with Crippen molar-refractivity contribution in [3.8, 4) is 0 Å². The Kier molecular flexibility index (Phi) is 4.10. The number of para-hydroxylation sites is 1. The van der Waals surface area contributed by atoms with Crippen molar-refractivity contribution in [3.63, 3.8) is 0 Å². The van der Waals surface area contributed by atoms with Crippen molar-refractivity contribution < 1.29 is 8.42 Å². The molecule has 8 heteroatoms. The number of hydrogen-bond donors (Lipinski definition) is 3. The highest BCUT2D eigenvalue weighted by atomic mass is 35.5. The molecule has 5 nitrogen and oxygen atoms in total. The number of benzene rings is 2. The van der Waals surface area contributed by atoms with E-state index in [-0.39, 0.29) is 10.6 Å². The van der Waals surface area contributed by atoms with Gasteiger partial charge in [-0.25, -0.2) is 13.6 Å². The van der Waals surface area contributed by atoms with Crippen LogP contribution in [-0.2, 0) is 10.0 Å². The van der Waals surface area contributed by atoms with Gasteiger partial charge >= 0.3 is 0 Å². The minimum Gasteiger partial charge on any atom is -0.396 e. The molecule has 2 aromatic carbocycles. The molecule has 0 saturated carbocycles. The Bertz CT molecular complexity index is 763. The number of primary sulfonamides is 1. The normalized spacial score (nSPS) is 11.3. The summed E-state index contributed by atoms with van der Waals surface area (Å²) >= 11 is 11.8. The molecule has 0 atom stereocenters. The van der Waals surface area contributed by atoms with Crippen LogP contribution < -0.4 is 16.2 Å². The standard InChI is InChI=1S/C12H11Cl2N3O2S/c13-7-4-5-9(8(14)6-7)17-10-2-1-3-11(12(10)15)20(16,18)19/h1-6,17H,15H2,(H2,16,18,19). The van der Waals surface area contributed by atoms with Crippen LogP contribution in [0.5, 0.6) is 0 Å². The molecule has 20 heavy (non-hydrogen) atoms. The number of nitrogens with two attached hydrogens (primary N) is 2. The lowest BCUT2D eigenvalue weighted by Gasteiger charge is -2.13. The lowest BCUT2D eigenvalue weighted by atomic mass is 10.2. The van der Waals surface area contributed by atoms with Gasteiger partial charge in [0.1, 0.15) is 4.90 Å². The fourth-order valence-corrected chi connectivity index (χ4v) is 2.78. The maximum Gasteiger partial charge on any atom is 0.240 e. The molecular weight excluding hydrogens is 321 g/mol. The SMILES string of the molecule is Nc1c(Nc2ccc(Cl)cc2Cl)cccc1S(N)(=O)=O. The van der Waals surface area contributed by atoms with Gasteiger partial charge in [0.25, 0.3) is 0 Å². The Labute approximate surface area is 126 Å². The van der Waals surface area contributed by atoms with Crippen molar-refractivity contribution in [1.29, 1.82) is 0 Å². The lowest BCUT2D eigenvalue weighted by molar-refractivity contribution is 0.598. The van der Waals surface area contributed by atoms with Crippen molar-refractivity contribution in [3.05, 3.63) is 46.4 Å². The fourth-order valence-electron chi connectivity index (χ4n) is 1.64. The molecule has 0 aliphatic rings. The molecule has 5 N–H and O–H groups in total. The van der Waals surface area contributed by atoms with E-state index in [1.165, 1.54) is 12.1 Å². The summed E-state index contributed by atoms with van der Waals surface area (Å²) in [6, 6.07) is 9.35. The minimum absolute atomic E-state index is 0.0287. The van der Waals surface area contributed by atoms with E-state index in [4.69, 9.17) is 34.1 Å². The van der Waals surface area contributed by atoms with Crippen molar-refractivity contribution in [2.45, 2.75) is 4.90 Å². The third kappa shape index (κ3) is 3.16. The first kappa shape index (κ1) is 14.9. The van der Waals surface area contributed by atoms with Crippen molar-refractivity contribution in [2.24, 2.45) is 5.14 Å². The second-order valence-electron chi connectivity index (χ2n) is 4.01. The van der Waals surface area contributed by atoms with E-state index in [0.717, 1.165) is 0 Å². The first-order chi connectivity index (χ1) is 9.29. The van der Waals surface area contributed by atoms with E-state index in [9.17, 15) is 8.42 Å². The summed E-state index contributed by atoms with van der Waals surface area (Å²) in [6.07, 6.45) is 0. The molecule has 0 amide bonds. The van der Waals surface area contributed by atoms with E-state index < -0.39 is 10.0 Å². The van der Waals surface area contributed by atoms with Gasteiger partial charge in [0, 0.05) is 5.02 Å². The van der Waals surface area contributed by atoms with Crippen LogP contribution in [0, 0.1) is 0 Å². The molecule has 0 radical (unpaired) electrons. The number of hydrogen-bond acceptors (Lipinski definition) is 4. The maximum atomic E-state index is 11.4. The zero-order chi connectivity index (χ0) is 14.9. The maximum absolute atomic E-state index is 11.4. The minimum atomic E-state index is -3.88. The Morgan fingerprint density at radius 1 is 1.05 bits per heavy atom. The quantitative estimate of drug-likeness (QED) is 0.753. The van der Waals surface area contributed by atoms with E-state index in [0.29, 0.717) is 21.4 Å². The van der Waals surface area contributed by atoms with Crippen molar-refractivity contribution in [1.82, 2.24) is 0 Å². The van der Waals surface area contributed by atoms with Crippen LogP contribution >= 0.6 is 23.2 Å². The average Bonchev–Trinajstić information content (AvgIpc) is 2.33. The topological polar surface area (TPSA) is 98.2 Å². The van der Waals surface area contributed by atoms with Gasteiger partial charge in [0.15, 0.2) is 0 Å². The highest BCUT2D eigenvalue weighted by Crippen LogP contribution is 2.32. The average molecular weight is 332 g/mol. The van der Waals surface area contributed by atoms with Gasteiger partial charge in [0.2, 0.25) is 10.0 Å². The highest BCUT2D eigenvalue weighted by Gasteiger charge is 2.15. The molecule has 0 unspecified atom stereocenters. The van der Waals surface area contributed by atoms with Crippen LogP contribution in [0.25, 0.3) is 0 Å². The number of anilines is 3. The van der Waals surface area contributed by atoms with Gasteiger partial charge in [-0.3, -0.25) is 0 Å². The molecule has 0 aliphatic carbocycles. The van der Waals surface area contributed by atoms with E-state index in [1.54, 1.807) is 24.3 Å². The zero-order valence-electron chi connectivity index (χ0n) is 10.1. The van der Waals surface area contributed by atoms with Crippen LogP contribution in [0.4, 0.5) is 17.1 Å². The molecule has 0 bridgehead atoms. The molecule has 0 aromatic heterocycles. The molecule has 0 heterocycles. The third-order valence-electron chi connectivity index (χ3n) is 2.57.